The highest BCUT2D eigenvalue weighted by molar-refractivity contribution is 4.96. The van der Waals surface area contributed by atoms with Crippen molar-refractivity contribution in [2.75, 3.05) is 6.61 Å². The van der Waals surface area contributed by atoms with Crippen molar-refractivity contribution >= 4 is 0 Å². The van der Waals surface area contributed by atoms with Crippen molar-refractivity contribution < 1.29 is 25.2 Å². The first-order chi connectivity index (χ1) is 14.1. The number of hydrogen-bond donors (Lipinski definition) is 4. The number of rotatable bonds is 15. The highest BCUT2D eigenvalue weighted by Crippen LogP contribution is 2.32. The molecule has 4 N–H and O–H groups in total. The van der Waals surface area contributed by atoms with Gasteiger partial charge in [-0.3, -0.25) is 0 Å². The maximum absolute atomic E-state index is 10.6. The van der Waals surface area contributed by atoms with Gasteiger partial charge in [0.1, 0.15) is 17.8 Å². The number of aliphatic hydroxyl groups excluding tert-OH is 3. The summed E-state index contributed by atoms with van der Waals surface area (Å²) < 4.78 is 5.00. The number of aliphatic hydroxyl groups is 4. The molecule has 1 heterocycles. The predicted molar refractivity (Wildman–Crippen MR) is 122 cm³/mol. The topological polar surface area (TPSA) is 90.2 Å². The third-order valence-electron chi connectivity index (χ3n) is 7.03. The molecule has 5 heteroatoms. The van der Waals surface area contributed by atoms with Crippen LogP contribution in [0.15, 0.2) is 0 Å². The van der Waals surface area contributed by atoms with Crippen molar-refractivity contribution in [2.45, 2.75) is 129 Å². The Kier molecular flexibility index (Phi) is 13.0. The zero-order valence-corrected chi connectivity index (χ0v) is 20.2. The highest BCUT2D eigenvalue weighted by atomic mass is 16.6. The highest BCUT2D eigenvalue weighted by Gasteiger charge is 2.50. The fourth-order valence-electron chi connectivity index (χ4n) is 4.59. The van der Waals surface area contributed by atoms with E-state index in [2.05, 4.69) is 34.6 Å². The van der Waals surface area contributed by atoms with E-state index in [4.69, 9.17) is 4.74 Å². The smallest absolute Gasteiger partial charge is 0.186 e. The zero-order chi connectivity index (χ0) is 22.7. The van der Waals surface area contributed by atoms with Gasteiger partial charge in [-0.15, -0.1) is 0 Å². The number of ether oxygens (including phenoxy) is 1. The summed E-state index contributed by atoms with van der Waals surface area (Å²) >= 11 is 0. The summed E-state index contributed by atoms with van der Waals surface area (Å²) in [4.78, 5) is 0. The van der Waals surface area contributed by atoms with Crippen LogP contribution in [-0.2, 0) is 4.74 Å². The van der Waals surface area contributed by atoms with Gasteiger partial charge in [0.25, 0.3) is 0 Å². The van der Waals surface area contributed by atoms with Crippen molar-refractivity contribution in [1.82, 2.24) is 0 Å². The van der Waals surface area contributed by atoms with Gasteiger partial charge >= 0.3 is 0 Å². The molecule has 30 heavy (non-hydrogen) atoms. The molecule has 0 bridgehead atoms. The Morgan fingerprint density at radius 3 is 1.63 bits per heavy atom. The minimum atomic E-state index is -1.79. The molecule has 0 radical (unpaired) electrons. The van der Waals surface area contributed by atoms with Gasteiger partial charge in [-0.1, -0.05) is 92.4 Å². The van der Waals surface area contributed by atoms with E-state index in [1.807, 2.05) is 0 Å². The van der Waals surface area contributed by atoms with Crippen molar-refractivity contribution in [3.63, 3.8) is 0 Å². The SMILES string of the molecule is CC(C)CCCC(C)CCCC(C)CCCC(C)CC[C@]1(O)[C@@H](O)OC[C@@H](O)[C@@H]1O. The van der Waals surface area contributed by atoms with Gasteiger partial charge in [-0.05, 0) is 36.5 Å². The molecule has 0 spiro atoms. The standard InChI is InChI=1S/C25H50O5/c1-18(2)9-6-10-19(3)11-7-12-20(4)13-8-14-21(5)15-16-25(29)23(27)22(26)17-30-24(25)28/h18-24,26-29H,6-17H2,1-5H3/t19?,20?,21?,22-,23+,24+,25-/m1/s1. The Bertz CT molecular complexity index is 443. The lowest BCUT2D eigenvalue weighted by Crippen LogP contribution is -2.62. The second kappa shape index (κ2) is 14.1. The minimum absolute atomic E-state index is 0.158. The molecule has 1 saturated heterocycles. The largest absolute Gasteiger partial charge is 0.388 e. The first-order valence-electron chi connectivity index (χ1n) is 12.4. The molecule has 7 atom stereocenters. The van der Waals surface area contributed by atoms with Gasteiger partial charge in [0, 0.05) is 0 Å². The molecule has 1 fully saturated rings. The van der Waals surface area contributed by atoms with E-state index in [1.54, 1.807) is 0 Å². The monoisotopic (exact) mass is 430 g/mol. The average Bonchev–Trinajstić information content (AvgIpc) is 2.68. The van der Waals surface area contributed by atoms with Crippen LogP contribution < -0.4 is 0 Å². The second-order valence-electron chi connectivity index (χ2n) is 10.7. The van der Waals surface area contributed by atoms with Crippen LogP contribution in [0.4, 0.5) is 0 Å². The molecule has 0 aromatic heterocycles. The van der Waals surface area contributed by atoms with Crippen LogP contribution in [0.5, 0.6) is 0 Å². The molecule has 0 amide bonds. The van der Waals surface area contributed by atoms with E-state index in [0.717, 1.165) is 30.6 Å². The van der Waals surface area contributed by atoms with E-state index in [-0.39, 0.29) is 13.0 Å². The van der Waals surface area contributed by atoms with Crippen LogP contribution in [-0.4, -0.2) is 51.1 Å². The maximum Gasteiger partial charge on any atom is 0.186 e. The molecular weight excluding hydrogens is 380 g/mol. The minimum Gasteiger partial charge on any atom is -0.388 e. The first-order valence-corrected chi connectivity index (χ1v) is 12.4. The van der Waals surface area contributed by atoms with Crippen LogP contribution in [0, 0.1) is 23.7 Å². The van der Waals surface area contributed by atoms with Gasteiger partial charge in [-0.2, -0.15) is 0 Å². The van der Waals surface area contributed by atoms with Crippen LogP contribution in [0.3, 0.4) is 0 Å². The van der Waals surface area contributed by atoms with Gasteiger partial charge in [0.15, 0.2) is 6.29 Å². The molecule has 3 unspecified atom stereocenters. The Hall–Kier alpha value is -0.200. The summed E-state index contributed by atoms with van der Waals surface area (Å²) in [5.74, 6) is 2.80. The Morgan fingerprint density at radius 2 is 1.17 bits per heavy atom. The van der Waals surface area contributed by atoms with E-state index in [9.17, 15) is 20.4 Å². The Morgan fingerprint density at radius 1 is 0.733 bits per heavy atom. The molecule has 0 saturated carbocycles. The fourth-order valence-corrected chi connectivity index (χ4v) is 4.59. The van der Waals surface area contributed by atoms with Crippen LogP contribution in [0.25, 0.3) is 0 Å². The molecule has 0 aromatic rings. The Labute approximate surface area is 185 Å². The summed E-state index contributed by atoms with van der Waals surface area (Å²) in [5.41, 5.74) is -1.79. The molecule has 1 rings (SSSR count). The zero-order valence-electron chi connectivity index (χ0n) is 20.2. The third-order valence-corrected chi connectivity index (χ3v) is 7.03. The van der Waals surface area contributed by atoms with E-state index in [1.165, 1.54) is 44.9 Å². The summed E-state index contributed by atoms with van der Waals surface area (Å²) in [5, 5.41) is 40.3. The fraction of sp³-hybridized carbons (Fsp3) is 1.00. The van der Waals surface area contributed by atoms with Crippen LogP contribution in [0.1, 0.15) is 105 Å². The van der Waals surface area contributed by atoms with E-state index >= 15 is 0 Å². The lowest BCUT2D eigenvalue weighted by atomic mass is 9.82. The van der Waals surface area contributed by atoms with Gasteiger partial charge in [0.2, 0.25) is 0 Å². The second-order valence-corrected chi connectivity index (χ2v) is 10.7. The number of hydrogen-bond acceptors (Lipinski definition) is 5. The first kappa shape index (κ1) is 27.8. The summed E-state index contributed by atoms with van der Waals surface area (Å²) in [6, 6.07) is 0. The van der Waals surface area contributed by atoms with E-state index < -0.39 is 24.1 Å². The van der Waals surface area contributed by atoms with E-state index in [0.29, 0.717) is 12.3 Å². The predicted octanol–water partition coefficient (Wildman–Crippen LogP) is 4.64. The lowest BCUT2D eigenvalue weighted by molar-refractivity contribution is -0.304. The van der Waals surface area contributed by atoms with Crippen LogP contribution in [0.2, 0.25) is 0 Å². The molecule has 1 aliphatic heterocycles. The molecule has 0 aromatic carbocycles. The summed E-state index contributed by atoms with van der Waals surface area (Å²) in [7, 11) is 0. The Balaban J connectivity index is 2.15. The van der Waals surface area contributed by atoms with Gasteiger partial charge < -0.3 is 25.2 Å². The molecule has 5 nitrogen and oxygen atoms in total. The lowest BCUT2D eigenvalue weighted by Gasteiger charge is -2.43. The van der Waals surface area contributed by atoms with Crippen molar-refractivity contribution in [1.29, 1.82) is 0 Å². The average molecular weight is 431 g/mol. The summed E-state index contributed by atoms with van der Waals surface area (Å²) in [6.07, 6.45) is 8.42. The normalized spacial score (nSPS) is 30.4. The van der Waals surface area contributed by atoms with Crippen molar-refractivity contribution in [3.8, 4) is 0 Å². The quantitative estimate of drug-likeness (QED) is 0.304. The van der Waals surface area contributed by atoms with Crippen molar-refractivity contribution in [3.05, 3.63) is 0 Å². The van der Waals surface area contributed by atoms with Crippen molar-refractivity contribution in [2.24, 2.45) is 23.7 Å². The van der Waals surface area contributed by atoms with Gasteiger partial charge in [0.05, 0.1) is 6.61 Å². The molecular formula is C25H50O5. The third kappa shape index (κ3) is 9.95. The molecule has 0 aliphatic carbocycles. The summed E-state index contributed by atoms with van der Waals surface area (Å²) in [6.45, 7) is 11.3. The van der Waals surface area contributed by atoms with Crippen LogP contribution >= 0.6 is 0 Å². The molecule has 180 valence electrons. The maximum atomic E-state index is 10.6. The molecule has 1 aliphatic rings. The van der Waals surface area contributed by atoms with Gasteiger partial charge in [-0.25, -0.2) is 0 Å².